The molecule has 1 aliphatic rings. The van der Waals surface area contributed by atoms with Crippen molar-refractivity contribution < 1.29 is 14.7 Å². The van der Waals surface area contributed by atoms with Gasteiger partial charge in [0, 0.05) is 15.9 Å². The van der Waals surface area contributed by atoms with Gasteiger partial charge in [0.2, 0.25) is 0 Å². The Balaban J connectivity index is 1.58. The van der Waals surface area contributed by atoms with Gasteiger partial charge < -0.3 is 10.4 Å². The molecule has 6 nitrogen and oxygen atoms in total. The largest absolute Gasteiger partial charge is 0.481 e. The fourth-order valence-electron chi connectivity index (χ4n) is 3.98. The zero-order chi connectivity index (χ0) is 21.3. The van der Waals surface area contributed by atoms with Crippen molar-refractivity contribution >= 4 is 50.3 Å². The number of fused-ring (bicyclic) bond motifs is 1. The first-order valence-electron chi connectivity index (χ1n) is 9.84. The molecule has 2 N–H and O–H groups in total. The zero-order valence-corrected chi connectivity index (χ0v) is 18.5. The van der Waals surface area contributed by atoms with E-state index in [1.165, 1.54) is 0 Å². The smallest absolute Gasteiger partial charge is 0.306 e. The maximum absolute atomic E-state index is 13.1. The van der Waals surface area contributed by atoms with E-state index in [2.05, 4.69) is 26.3 Å². The van der Waals surface area contributed by atoms with Crippen LogP contribution >= 0.6 is 27.5 Å². The summed E-state index contributed by atoms with van der Waals surface area (Å²) in [6, 6.07) is 11.4. The number of rotatable bonds is 5. The minimum atomic E-state index is -0.754. The summed E-state index contributed by atoms with van der Waals surface area (Å²) < 4.78 is 2.79. The van der Waals surface area contributed by atoms with Crippen LogP contribution in [0, 0.1) is 5.92 Å². The van der Waals surface area contributed by atoms with Crippen LogP contribution in [0.1, 0.15) is 41.6 Å². The number of carboxylic acids is 1. The van der Waals surface area contributed by atoms with Crippen molar-refractivity contribution in [1.29, 1.82) is 0 Å². The van der Waals surface area contributed by atoms with E-state index < -0.39 is 5.97 Å². The number of hydrogen-bond acceptors (Lipinski definition) is 3. The summed E-state index contributed by atoms with van der Waals surface area (Å²) in [5.74, 6) is -1.25. The molecule has 1 saturated carbocycles. The molecule has 30 heavy (non-hydrogen) atoms. The van der Waals surface area contributed by atoms with Crippen LogP contribution in [0.4, 0.5) is 0 Å². The second kappa shape index (κ2) is 8.78. The number of carbonyl (C=O) groups excluding carboxylic acids is 1. The van der Waals surface area contributed by atoms with Crippen molar-refractivity contribution in [2.75, 3.05) is 0 Å². The number of nitrogens with one attached hydrogen (secondary N) is 1. The summed E-state index contributed by atoms with van der Waals surface area (Å²) in [4.78, 5) is 24.2. The first-order chi connectivity index (χ1) is 14.4. The number of aromatic nitrogens is 2. The molecule has 8 heteroatoms. The van der Waals surface area contributed by atoms with Crippen molar-refractivity contribution in [3.05, 3.63) is 63.2 Å². The molecule has 1 aromatic heterocycles. The standard InChI is InChI=1S/C22H21BrClN3O3/c23-15-5-1-13(2-6-15)12-27-20-17(9-10-19(24)18(20)11-25-27)21(28)26-16-7-3-14(4-8-16)22(29)30/h1-2,5-6,9-11,14,16H,3-4,7-8,12H2,(H,26,28)(H,29,30). The van der Waals surface area contributed by atoms with Gasteiger partial charge in [0.15, 0.2) is 0 Å². The van der Waals surface area contributed by atoms with Crippen molar-refractivity contribution in [1.82, 2.24) is 15.1 Å². The van der Waals surface area contributed by atoms with Gasteiger partial charge in [0.05, 0.1) is 34.8 Å². The molecule has 0 aliphatic heterocycles. The molecule has 0 bridgehead atoms. The Morgan fingerprint density at radius 1 is 1.13 bits per heavy atom. The molecule has 1 amide bonds. The quantitative estimate of drug-likeness (QED) is 0.534. The van der Waals surface area contributed by atoms with Crippen LogP contribution in [0.25, 0.3) is 10.9 Å². The number of carbonyl (C=O) groups is 2. The van der Waals surface area contributed by atoms with E-state index in [-0.39, 0.29) is 17.9 Å². The van der Waals surface area contributed by atoms with Crippen LogP contribution in [0.2, 0.25) is 5.02 Å². The normalized spacial score (nSPS) is 19.0. The maximum Gasteiger partial charge on any atom is 0.306 e. The van der Waals surface area contributed by atoms with Gasteiger partial charge >= 0.3 is 5.97 Å². The molecule has 0 unspecified atom stereocenters. The fraction of sp³-hybridized carbons (Fsp3) is 0.318. The van der Waals surface area contributed by atoms with Crippen molar-refractivity contribution in [3.63, 3.8) is 0 Å². The van der Waals surface area contributed by atoms with Crippen LogP contribution in [0.3, 0.4) is 0 Å². The van der Waals surface area contributed by atoms with Crippen LogP contribution < -0.4 is 5.32 Å². The molecular formula is C22H21BrClN3O3. The first kappa shape index (κ1) is 20.9. The average Bonchev–Trinajstić information content (AvgIpc) is 3.15. The van der Waals surface area contributed by atoms with E-state index in [9.17, 15) is 9.59 Å². The van der Waals surface area contributed by atoms with E-state index in [0.717, 1.165) is 15.4 Å². The third-order valence-electron chi connectivity index (χ3n) is 5.65. The number of aliphatic carboxylic acids is 1. The van der Waals surface area contributed by atoms with Gasteiger partial charge in [-0.15, -0.1) is 0 Å². The molecule has 0 atom stereocenters. The lowest BCUT2D eigenvalue weighted by atomic mass is 9.86. The number of hydrogen-bond donors (Lipinski definition) is 2. The van der Waals surface area contributed by atoms with Gasteiger partial charge in [0.1, 0.15) is 0 Å². The SMILES string of the molecule is O=C(NC1CCC(C(=O)O)CC1)c1ccc(Cl)c2cnn(Cc3ccc(Br)cc3)c12. The highest BCUT2D eigenvalue weighted by Crippen LogP contribution is 2.29. The second-order valence-corrected chi connectivity index (χ2v) is 8.97. The Hall–Kier alpha value is -2.38. The lowest BCUT2D eigenvalue weighted by molar-refractivity contribution is -0.142. The van der Waals surface area contributed by atoms with Gasteiger partial charge in [-0.05, 0) is 55.5 Å². The summed E-state index contributed by atoms with van der Waals surface area (Å²) in [7, 11) is 0. The number of carboxylic acid groups (broad SMARTS) is 1. The number of amides is 1. The second-order valence-electron chi connectivity index (χ2n) is 7.65. The molecule has 156 valence electrons. The highest BCUT2D eigenvalue weighted by Gasteiger charge is 2.27. The third-order valence-corrected chi connectivity index (χ3v) is 6.51. The van der Waals surface area contributed by atoms with Crippen LogP contribution in [-0.4, -0.2) is 32.8 Å². The average molecular weight is 491 g/mol. The molecule has 4 rings (SSSR count). The van der Waals surface area contributed by atoms with E-state index in [1.54, 1.807) is 23.0 Å². The molecule has 2 aromatic carbocycles. The van der Waals surface area contributed by atoms with Gasteiger partial charge in [0.25, 0.3) is 5.91 Å². The zero-order valence-electron chi connectivity index (χ0n) is 16.1. The Kier molecular flexibility index (Phi) is 6.11. The van der Waals surface area contributed by atoms with E-state index >= 15 is 0 Å². The third kappa shape index (κ3) is 4.37. The van der Waals surface area contributed by atoms with Gasteiger partial charge in [-0.3, -0.25) is 14.3 Å². The van der Waals surface area contributed by atoms with Crippen LogP contribution in [-0.2, 0) is 11.3 Å². The summed E-state index contributed by atoms with van der Waals surface area (Å²) in [6.07, 6.45) is 4.18. The van der Waals surface area contributed by atoms with Crippen molar-refractivity contribution in [3.8, 4) is 0 Å². The van der Waals surface area contributed by atoms with Gasteiger partial charge in [-0.2, -0.15) is 5.10 Å². The Morgan fingerprint density at radius 3 is 2.50 bits per heavy atom. The molecule has 1 heterocycles. The molecule has 1 fully saturated rings. The lowest BCUT2D eigenvalue weighted by Gasteiger charge is -2.27. The number of benzene rings is 2. The van der Waals surface area contributed by atoms with Crippen molar-refractivity contribution in [2.24, 2.45) is 5.92 Å². The minimum Gasteiger partial charge on any atom is -0.481 e. The Bertz CT molecular complexity index is 1090. The number of halogens is 2. The van der Waals surface area contributed by atoms with E-state index in [1.807, 2.05) is 24.3 Å². The van der Waals surface area contributed by atoms with Gasteiger partial charge in [-0.25, -0.2) is 0 Å². The van der Waals surface area contributed by atoms with Crippen LogP contribution in [0.15, 0.2) is 47.1 Å². The fourth-order valence-corrected chi connectivity index (χ4v) is 4.45. The predicted octanol–water partition coefficient (Wildman–Crippen LogP) is 4.87. The number of nitrogens with zero attached hydrogens (tertiary/aromatic N) is 2. The highest BCUT2D eigenvalue weighted by molar-refractivity contribution is 9.10. The summed E-state index contributed by atoms with van der Waals surface area (Å²) in [5.41, 5.74) is 2.27. The lowest BCUT2D eigenvalue weighted by Crippen LogP contribution is -2.38. The predicted molar refractivity (Wildman–Crippen MR) is 119 cm³/mol. The summed E-state index contributed by atoms with van der Waals surface area (Å²) >= 11 is 9.80. The minimum absolute atomic E-state index is 0.0262. The molecule has 0 radical (unpaired) electrons. The summed E-state index contributed by atoms with van der Waals surface area (Å²) in [5, 5.41) is 18.0. The van der Waals surface area contributed by atoms with E-state index in [4.69, 9.17) is 16.7 Å². The Labute approximate surface area is 187 Å². The Morgan fingerprint density at radius 2 is 1.83 bits per heavy atom. The van der Waals surface area contributed by atoms with E-state index in [0.29, 0.717) is 48.3 Å². The van der Waals surface area contributed by atoms with Crippen molar-refractivity contribution in [2.45, 2.75) is 38.3 Å². The first-order valence-corrected chi connectivity index (χ1v) is 11.0. The van der Waals surface area contributed by atoms with Crippen LogP contribution in [0.5, 0.6) is 0 Å². The monoisotopic (exact) mass is 489 g/mol. The molecule has 0 spiro atoms. The van der Waals surface area contributed by atoms with Gasteiger partial charge in [-0.1, -0.05) is 39.7 Å². The molecule has 0 saturated heterocycles. The summed E-state index contributed by atoms with van der Waals surface area (Å²) in [6.45, 7) is 0.515. The molecular weight excluding hydrogens is 470 g/mol. The maximum atomic E-state index is 13.1. The highest BCUT2D eigenvalue weighted by atomic mass is 79.9. The molecule has 1 aliphatic carbocycles. The topological polar surface area (TPSA) is 84.2 Å². The molecule has 3 aromatic rings.